The van der Waals surface area contributed by atoms with Gasteiger partial charge < -0.3 is 10.6 Å². The maximum absolute atomic E-state index is 13.3. The van der Waals surface area contributed by atoms with E-state index in [4.69, 9.17) is 0 Å². The highest BCUT2D eigenvalue weighted by Crippen LogP contribution is 2.32. The van der Waals surface area contributed by atoms with Gasteiger partial charge in [0, 0.05) is 37.6 Å². The van der Waals surface area contributed by atoms with Gasteiger partial charge in [0.1, 0.15) is 5.82 Å². The van der Waals surface area contributed by atoms with Gasteiger partial charge >= 0.3 is 0 Å². The molecule has 2 N–H and O–H groups in total. The number of nitrogens with zero attached hydrogens (tertiary/aromatic N) is 2. The van der Waals surface area contributed by atoms with Crippen LogP contribution in [0.5, 0.6) is 0 Å². The van der Waals surface area contributed by atoms with Crippen molar-refractivity contribution in [2.24, 2.45) is 0 Å². The Bertz CT molecular complexity index is 715. The Hall–Kier alpha value is -2.70. The maximum atomic E-state index is 13.3. The number of aryl methyl sites for hydroxylation is 1. The summed E-state index contributed by atoms with van der Waals surface area (Å²) < 4.78 is 15.1. The largest absolute Gasteiger partial charge is 0.355 e. The normalized spacial score (nSPS) is 16.6. The van der Waals surface area contributed by atoms with Gasteiger partial charge in [-0.25, -0.2) is 4.39 Å². The Morgan fingerprint density at radius 2 is 2.35 bits per heavy atom. The Kier molecular flexibility index (Phi) is 4.36. The molecular weight excluding hydrogens is 299 g/mol. The second kappa shape index (κ2) is 6.60. The molecule has 1 atom stereocenters. The number of fused-ring (bicyclic) bond motifs is 1. The van der Waals surface area contributed by atoms with Gasteiger partial charge in [0.15, 0.2) is 0 Å². The summed E-state index contributed by atoms with van der Waals surface area (Å²) in [5.41, 5.74) is 1.02. The summed E-state index contributed by atoms with van der Waals surface area (Å²) in [6.45, 7) is 1.20. The Balaban J connectivity index is 1.60. The number of halogens is 1. The summed E-state index contributed by atoms with van der Waals surface area (Å²) in [7, 11) is 0. The van der Waals surface area contributed by atoms with Crippen LogP contribution in [-0.4, -0.2) is 28.1 Å². The Morgan fingerprint density at radius 3 is 3.13 bits per heavy atom. The molecule has 0 unspecified atom stereocenters. The average molecular weight is 316 g/mol. The minimum Gasteiger partial charge on any atom is -0.355 e. The fourth-order valence-electron chi connectivity index (χ4n) is 2.68. The number of anilines is 1. The lowest BCUT2D eigenvalue weighted by molar-refractivity contribution is -0.126. The first-order valence-electron chi connectivity index (χ1n) is 7.48. The third-order valence-electron chi connectivity index (χ3n) is 3.79. The van der Waals surface area contributed by atoms with Crippen LogP contribution in [0.15, 0.2) is 36.7 Å². The number of benzene rings is 1. The predicted octanol–water partition coefficient (Wildman–Crippen LogP) is 1.65. The van der Waals surface area contributed by atoms with E-state index in [1.54, 1.807) is 16.9 Å². The molecule has 3 rings (SSSR count). The number of rotatable bonds is 5. The minimum atomic E-state index is -0.580. The smallest absolute Gasteiger partial charge is 0.228 e. The molecule has 7 heteroatoms. The average Bonchev–Trinajstić information content (AvgIpc) is 3.03. The van der Waals surface area contributed by atoms with Crippen molar-refractivity contribution in [3.05, 3.63) is 48.0 Å². The van der Waals surface area contributed by atoms with Crippen LogP contribution in [0.1, 0.15) is 24.3 Å². The van der Waals surface area contributed by atoms with Crippen molar-refractivity contribution >= 4 is 17.5 Å². The van der Waals surface area contributed by atoms with Crippen LogP contribution >= 0.6 is 0 Å². The lowest BCUT2D eigenvalue weighted by atomic mass is 9.89. The molecule has 0 spiro atoms. The van der Waals surface area contributed by atoms with Crippen LogP contribution in [0.2, 0.25) is 0 Å². The Labute approximate surface area is 132 Å². The standard InChI is InChI=1S/C16H17FN4O2/c17-11-3-4-12-13(10-15(22)20-14(12)9-11)16(23)18-5-1-7-21-8-2-6-19-21/h2-4,6,8-9,13H,1,5,7,10H2,(H,18,23)(H,20,22)/t13-/m1/s1. The fraction of sp³-hybridized carbons (Fsp3) is 0.312. The van der Waals surface area contributed by atoms with E-state index in [1.807, 2.05) is 12.3 Å². The molecule has 0 aliphatic carbocycles. The molecule has 2 aromatic rings. The summed E-state index contributed by atoms with van der Waals surface area (Å²) in [5.74, 6) is -1.51. The summed E-state index contributed by atoms with van der Waals surface area (Å²) >= 11 is 0. The number of carbonyl (C=O) groups excluding carboxylic acids is 2. The lowest BCUT2D eigenvalue weighted by Crippen LogP contribution is -2.35. The monoisotopic (exact) mass is 316 g/mol. The summed E-state index contributed by atoms with van der Waals surface area (Å²) in [6, 6.07) is 5.94. The first-order chi connectivity index (χ1) is 11.1. The van der Waals surface area contributed by atoms with E-state index >= 15 is 0 Å². The van der Waals surface area contributed by atoms with Crippen LogP contribution in [0.3, 0.4) is 0 Å². The van der Waals surface area contributed by atoms with E-state index in [0.717, 1.165) is 6.42 Å². The van der Waals surface area contributed by atoms with Crippen molar-refractivity contribution in [3.63, 3.8) is 0 Å². The molecule has 120 valence electrons. The van der Waals surface area contributed by atoms with E-state index in [9.17, 15) is 14.0 Å². The number of aromatic nitrogens is 2. The SMILES string of the molecule is O=C1C[C@@H](C(=O)NCCCn2cccn2)c2ccc(F)cc2N1. The number of amides is 2. The quantitative estimate of drug-likeness (QED) is 0.824. The molecule has 1 aromatic heterocycles. The van der Waals surface area contributed by atoms with E-state index in [2.05, 4.69) is 15.7 Å². The molecule has 0 saturated heterocycles. The van der Waals surface area contributed by atoms with Crippen molar-refractivity contribution in [1.82, 2.24) is 15.1 Å². The number of hydrogen-bond donors (Lipinski definition) is 2. The van der Waals surface area contributed by atoms with Crippen LogP contribution in [-0.2, 0) is 16.1 Å². The molecule has 1 aromatic carbocycles. The van der Waals surface area contributed by atoms with Crippen LogP contribution in [0.4, 0.5) is 10.1 Å². The van der Waals surface area contributed by atoms with Gasteiger partial charge in [-0.1, -0.05) is 6.07 Å². The van der Waals surface area contributed by atoms with Crippen molar-refractivity contribution in [3.8, 4) is 0 Å². The molecule has 2 amide bonds. The predicted molar refractivity (Wildman–Crippen MR) is 82.2 cm³/mol. The highest BCUT2D eigenvalue weighted by molar-refractivity contribution is 6.01. The first kappa shape index (κ1) is 15.2. The molecule has 1 aliphatic heterocycles. The Morgan fingerprint density at radius 1 is 1.48 bits per heavy atom. The van der Waals surface area contributed by atoms with Crippen LogP contribution in [0.25, 0.3) is 0 Å². The fourth-order valence-corrected chi connectivity index (χ4v) is 2.68. The summed E-state index contributed by atoms with van der Waals surface area (Å²) in [4.78, 5) is 24.1. The minimum absolute atomic E-state index is 0.0730. The number of carbonyl (C=O) groups is 2. The number of hydrogen-bond acceptors (Lipinski definition) is 3. The molecule has 1 aliphatic rings. The first-order valence-corrected chi connectivity index (χ1v) is 7.48. The summed E-state index contributed by atoms with van der Waals surface area (Å²) in [5, 5.41) is 9.52. The van der Waals surface area contributed by atoms with E-state index < -0.39 is 11.7 Å². The van der Waals surface area contributed by atoms with Gasteiger partial charge in [-0.05, 0) is 30.2 Å². The third kappa shape index (κ3) is 3.56. The van der Waals surface area contributed by atoms with Crippen molar-refractivity contribution < 1.29 is 14.0 Å². The molecule has 6 nitrogen and oxygen atoms in total. The van der Waals surface area contributed by atoms with Gasteiger partial charge in [-0.2, -0.15) is 5.10 Å². The van der Waals surface area contributed by atoms with Gasteiger partial charge in [0.2, 0.25) is 11.8 Å². The highest BCUT2D eigenvalue weighted by Gasteiger charge is 2.30. The van der Waals surface area contributed by atoms with Crippen LogP contribution in [0, 0.1) is 5.82 Å². The van der Waals surface area contributed by atoms with E-state index in [0.29, 0.717) is 24.3 Å². The lowest BCUT2D eigenvalue weighted by Gasteiger charge is -2.24. The topological polar surface area (TPSA) is 76.0 Å². The van der Waals surface area contributed by atoms with Crippen LogP contribution < -0.4 is 10.6 Å². The number of nitrogens with one attached hydrogen (secondary N) is 2. The summed E-state index contributed by atoms with van der Waals surface area (Å²) in [6.07, 6.45) is 4.37. The molecular formula is C16H17FN4O2. The van der Waals surface area contributed by atoms with Crippen molar-refractivity contribution in [1.29, 1.82) is 0 Å². The molecule has 23 heavy (non-hydrogen) atoms. The zero-order valence-electron chi connectivity index (χ0n) is 12.5. The molecule has 0 bridgehead atoms. The molecule has 2 heterocycles. The third-order valence-corrected chi connectivity index (χ3v) is 3.79. The maximum Gasteiger partial charge on any atom is 0.228 e. The second-order valence-electron chi connectivity index (χ2n) is 5.45. The molecule has 0 fully saturated rings. The van der Waals surface area contributed by atoms with Gasteiger partial charge in [-0.15, -0.1) is 0 Å². The van der Waals surface area contributed by atoms with E-state index in [-0.39, 0.29) is 18.2 Å². The van der Waals surface area contributed by atoms with Gasteiger partial charge in [0.25, 0.3) is 0 Å². The van der Waals surface area contributed by atoms with Gasteiger partial charge in [0.05, 0.1) is 5.92 Å². The van der Waals surface area contributed by atoms with Crippen molar-refractivity contribution in [2.75, 3.05) is 11.9 Å². The van der Waals surface area contributed by atoms with Gasteiger partial charge in [-0.3, -0.25) is 14.3 Å². The molecule has 0 saturated carbocycles. The zero-order chi connectivity index (χ0) is 16.2. The highest BCUT2D eigenvalue weighted by atomic mass is 19.1. The van der Waals surface area contributed by atoms with Crippen molar-refractivity contribution in [2.45, 2.75) is 25.3 Å². The second-order valence-corrected chi connectivity index (χ2v) is 5.45. The van der Waals surface area contributed by atoms with E-state index in [1.165, 1.54) is 12.1 Å². The molecule has 0 radical (unpaired) electrons. The zero-order valence-corrected chi connectivity index (χ0v) is 12.5.